The number of carbonyl (C=O) groups is 1. The summed E-state index contributed by atoms with van der Waals surface area (Å²) in [4.78, 5) is 22.5. The summed E-state index contributed by atoms with van der Waals surface area (Å²) in [5.41, 5.74) is 1.83. The van der Waals surface area contributed by atoms with Crippen LogP contribution in [0.15, 0.2) is 40.6 Å². The fraction of sp³-hybridized carbons (Fsp3) is 0.182. The van der Waals surface area contributed by atoms with Crippen molar-refractivity contribution in [2.24, 2.45) is 4.99 Å². The number of nitrogens with zero attached hydrogens (tertiary/aromatic N) is 2. The summed E-state index contributed by atoms with van der Waals surface area (Å²) < 4.78 is 0. The highest BCUT2D eigenvalue weighted by atomic mass is 16.3. The maximum Gasteiger partial charge on any atom is 0.183 e. The van der Waals surface area contributed by atoms with Gasteiger partial charge in [0.05, 0.1) is 17.6 Å². The van der Waals surface area contributed by atoms with Crippen LogP contribution in [0.3, 0.4) is 0 Å². The molecule has 1 aromatic rings. The van der Waals surface area contributed by atoms with Crippen LogP contribution >= 0.6 is 0 Å². The molecule has 5 nitrogen and oxygen atoms in total. The van der Waals surface area contributed by atoms with E-state index in [4.69, 9.17) is 0 Å². The molecule has 1 aliphatic carbocycles. The maximum atomic E-state index is 11.9. The number of carbonyl (C=O) groups excluding carboxylic acids is 1. The van der Waals surface area contributed by atoms with E-state index in [1.54, 1.807) is 18.6 Å². The molecule has 0 saturated carbocycles. The molecule has 2 heterocycles. The molecule has 0 saturated heterocycles. The number of rotatable bonds is 2. The number of aromatic nitrogens is 2. The number of imidazole rings is 1. The van der Waals surface area contributed by atoms with Crippen LogP contribution in [-0.2, 0) is 4.79 Å². The second kappa shape index (κ2) is 3.16. The lowest BCUT2D eigenvalue weighted by Gasteiger charge is -2.27. The molecule has 1 aromatic heterocycles. The van der Waals surface area contributed by atoms with E-state index in [0.29, 0.717) is 17.7 Å². The van der Waals surface area contributed by atoms with E-state index >= 15 is 0 Å². The smallest absolute Gasteiger partial charge is 0.183 e. The molecule has 1 atom stereocenters. The molecule has 80 valence electrons. The van der Waals surface area contributed by atoms with Gasteiger partial charge in [0.25, 0.3) is 0 Å². The third kappa shape index (κ3) is 1.08. The monoisotopic (exact) mass is 215 g/mol. The normalized spacial score (nSPS) is 23.6. The number of hydrogen-bond donors (Lipinski definition) is 2. The van der Waals surface area contributed by atoms with Crippen molar-refractivity contribution in [1.82, 2.24) is 9.97 Å². The molecule has 0 bridgehead atoms. The second-order valence-electron chi connectivity index (χ2n) is 3.75. The highest BCUT2D eigenvalue weighted by Crippen LogP contribution is 2.41. The molecule has 0 radical (unpaired) electrons. The minimum absolute atomic E-state index is 0.0708. The van der Waals surface area contributed by atoms with Crippen molar-refractivity contribution in [2.45, 2.75) is 12.3 Å². The fourth-order valence-corrected chi connectivity index (χ4v) is 2.01. The van der Waals surface area contributed by atoms with Gasteiger partial charge in [0.15, 0.2) is 5.78 Å². The molecule has 2 aliphatic rings. The summed E-state index contributed by atoms with van der Waals surface area (Å²) in [6, 6.07) is 0. The third-order valence-electron chi connectivity index (χ3n) is 2.84. The van der Waals surface area contributed by atoms with Crippen LogP contribution in [0.5, 0.6) is 0 Å². The Balaban J connectivity index is 1.96. The maximum absolute atomic E-state index is 11.9. The number of ketones is 1. The molecule has 2 N–H and O–H groups in total. The van der Waals surface area contributed by atoms with Crippen LogP contribution < -0.4 is 0 Å². The van der Waals surface area contributed by atoms with Gasteiger partial charge in [-0.1, -0.05) is 0 Å². The van der Waals surface area contributed by atoms with Crippen molar-refractivity contribution >= 4 is 12.0 Å². The average molecular weight is 215 g/mol. The zero-order valence-corrected chi connectivity index (χ0v) is 8.34. The fourth-order valence-electron chi connectivity index (χ4n) is 2.01. The number of aliphatic hydroxyl groups is 1. The van der Waals surface area contributed by atoms with Gasteiger partial charge in [-0.2, -0.15) is 0 Å². The van der Waals surface area contributed by atoms with Crippen molar-refractivity contribution in [2.75, 3.05) is 0 Å². The molecular weight excluding hydrogens is 206 g/mol. The molecular formula is C11H9N3O2. The number of H-pyrrole nitrogens is 1. The Bertz CT molecular complexity index is 538. The third-order valence-corrected chi connectivity index (χ3v) is 2.84. The van der Waals surface area contributed by atoms with Gasteiger partial charge in [-0.15, -0.1) is 0 Å². The number of nitrogens with one attached hydrogen (secondary N) is 1. The van der Waals surface area contributed by atoms with Crippen LogP contribution in [0.1, 0.15) is 18.0 Å². The number of aromatic amines is 1. The Morgan fingerprint density at radius 1 is 1.50 bits per heavy atom. The largest absolute Gasteiger partial charge is 0.510 e. The first-order valence-corrected chi connectivity index (χ1v) is 4.95. The summed E-state index contributed by atoms with van der Waals surface area (Å²) >= 11 is 0. The zero-order valence-electron chi connectivity index (χ0n) is 8.34. The van der Waals surface area contributed by atoms with Crippen LogP contribution in [0, 0.1) is 0 Å². The highest BCUT2D eigenvalue weighted by molar-refractivity contribution is 6.13. The lowest BCUT2D eigenvalue weighted by molar-refractivity contribution is -0.119. The molecule has 16 heavy (non-hydrogen) atoms. The summed E-state index contributed by atoms with van der Waals surface area (Å²) in [6.07, 6.45) is 6.99. The van der Waals surface area contributed by atoms with Gasteiger partial charge in [-0.3, -0.25) is 9.79 Å². The number of Topliss-reactive ketones (excluding diaryl/α,β-unsaturated/α-hetero) is 1. The van der Waals surface area contributed by atoms with Gasteiger partial charge in [0.1, 0.15) is 11.7 Å². The topological polar surface area (TPSA) is 78.3 Å². The van der Waals surface area contributed by atoms with E-state index in [0.717, 1.165) is 5.57 Å². The second-order valence-corrected chi connectivity index (χ2v) is 3.75. The number of aliphatic imine (C=N–C) groups is 1. The lowest BCUT2D eigenvalue weighted by atomic mass is 9.76. The molecule has 0 spiro atoms. The minimum Gasteiger partial charge on any atom is -0.510 e. The van der Waals surface area contributed by atoms with Crippen molar-refractivity contribution in [3.8, 4) is 0 Å². The first kappa shape index (κ1) is 9.08. The molecule has 0 amide bonds. The first-order chi connectivity index (χ1) is 7.79. The quantitative estimate of drug-likeness (QED) is 0.779. The molecule has 1 aliphatic heterocycles. The minimum atomic E-state index is -0.570. The molecule has 0 aromatic carbocycles. The van der Waals surface area contributed by atoms with Gasteiger partial charge < -0.3 is 10.1 Å². The SMILES string of the molecule is O=C1C(C2=CN=CC2)=C(O)C1c1cnc[nH]1. The Hall–Kier alpha value is -2.17. The summed E-state index contributed by atoms with van der Waals surface area (Å²) in [6.45, 7) is 0. The van der Waals surface area contributed by atoms with Crippen molar-refractivity contribution in [3.63, 3.8) is 0 Å². The summed E-state index contributed by atoms with van der Waals surface area (Å²) in [5.74, 6) is -0.525. The average Bonchev–Trinajstić information content (AvgIpc) is 2.91. The predicted octanol–water partition coefficient (Wildman–Crippen LogP) is 1.25. The highest BCUT2D eigenvalue weighted by Gasteiger charge is 2.42. The zero-order chi connectivity index (χ0) is 11.1. The van der Waals surface area contributed by atoms with E-state index in [-0.39, 0.29) is 11.5 Å². The van der Waals surface area contributed by atoms with Crippen LogP contribution in [0.4, 0.5) is 0 Å². The summed E-state index contributed by atoms with van der Waals surface area (Å²) in [5, 5.41) is 9.88. The predicted molar refractivity (Wildman–Crippen MR) is 57.2 cm³/mol. The van der Waals surface area contributed by atoms with E-state index in [1.807, 2.05) is 0 Å². The van der Waals surface area contributed by atoms with Crippen molar-refractivity contribution in [1.29, 1.82) is 0 Å². The molecule has 0 fully saturated rings. The Kier molecular flexibility index (Phi) is 1.80. The molecule has 5 heteroatoms. The van der Waals surface area contributed by atoms with Gasteiger partial charge >= 0.3 is 0 Å². The van der Waals surface area contributed by atoms with Crippen molar-refractivity contribution < 1.29 is 9.90 Å². The Morgan fingerprint density at radius 3 is 2.94 bits per heavy atom. The first-order valence-electron chi connectivity index (χ1n) is 4.95. The number of hydrogen-bond acceptors (Lipinski definition) is 4. The Labute approximate surface area is 91.2 Å². The molecule has 1 unspecified atom stereocenters. The van der Waals surface area contributed by atoms with Gasteiger partial charge in [-0.05, 0) is 5.57 Å². The van der Waals surface area contributed by atoms with E-state index in [2.05, 4.69) is 15.0 Å². The van der Waals surface area contributed by atoms with Gasteiger partial charge in [0.2, 0.25) is 0 Å². The van der Waals surface area contributed by atoms with Gasteiger partial charge in [0, 0.05) is 25.0 Å². The standard InChI is InChI=1S/C11H9N3O2/c15-10-8(6-1-2-12-3-6)11(16)9(10)7-4-13-5-14-7/h2-5,9,15H,1H2,(H,13,14). The summed E-state index contributed by atoms with van der Waals surface area (Å²) in [7, 11) is 0. The van der Waals surface area contributed by atoms with E-state index < -0.39 is 5.92 Å². The molecule has 3 rings (SSSR count). The van der Waals surface area contributed by atoms with Crippen LogP contribution in [0.2, 0.25) is 0 Å². The number of allylic oxidation sites excluding steroid dienone is 3. The van der Waals surface area contributed by atoms with E-state index in [1.165, 1.54) is 6.33 Å². The van der Waals surface area contributed by atoms with Crippen LogP contribution in [-0.4, -0.2) is 27.1 Å². The van der Waals surface area contributed by atoms with Crippen molar-refractivity contribution in [3.05, 3.63) is 41.3 Å². The lowest BCUT2D eigenvalue weighted by Crippen LogP contribution is -2.30. The van der Waals surface area contributed by atoms with E-state index in [9.17, 15) is 9.90 Å². The van der Waals surface area contributed by atoms with Gasteiger partial charge in [-0.25, -0.2) is 4.98 Å². The Morgan fingerprint density at radius 2 is 2.38 bits per heavy atom. The number of aliphatic hydroxyl groups excluding tert-OH is 1. The van der Waals surface area contributed by atoms with Crippen LogP contribution in [0.25, 0.3) is 0 Å².